The first kappa shape index (κ1) is 11.3. The molecule has 2 aromatic rings. The highest BCUT2D eigenvalue weighted by molar-refractivity contribution is 5.92. The Bertz CT molecular complexity index is 497. The average molecular weight is 230 g/mol. The maximum Gasteiger partial charge on any atom is 0.228 e. The van der Waals surface area contributed by atoms with E-state index in [1.54, 1.807) is 36.7 Å². The summed E-state index contributed by atoms with van der Waals surface area (Å²) >= 11 is 0. The summed E-state index contributed by atoms with van der Waals surface area (Å²) in [7, 11) is 0. The molecule has 0 saturated carbocycles. The highest BCUT2D eigenvalue weighted by Crippen LogP contribution is 2.07. The number of aromatic nitrogens is 1. The number of anilines is 1. The summed E-state index contributed by atoms with van der Waals surface area (Å²) in [5, 5.41) is 2.73. The Kier molecular flexibility index (Phi) is 3.45. The molecule has 0 aliphatic carbocycles. The minimum Gasteiger partial charge on any atom is -0.326 e. The zero-order valence-electron chi connectivity index (χ0n) is 9.06. The monoisotopic (exact) mass is 230 g/mol. The quantitative estimate of drug-likeness (QED) is 0.879. The molecule has 4 heteroatoms. The Morgan fingerprint density at radius 2 is 1.76 bits per heavy atom. The smallest absolute Gasteiger partial charge is 0.228 e. The highest BCUT2D eigenvalue weighted by Gasteiger charge is 2.03. The van der Waals surface area contributed by atoms with Gasteiger partial charge in [0, 0.05) is 18.1 Å². The van der Waals surface area contributed by atoms with Crippen molar-refractivity contribution in [2.45, 2.75) is 6.42 Å². The number of pyridine rings is 1. The number of benzene rings is 1. The standard InChI is InChI=1S/C13H11FN2O/c14-11-3-1-10(2-4-11)9-13(17)16-12-5-7-15-8-6-12/h1-8H,9H2,(H,15,16,17). The minimum atomic E-state index is -0.303. The lowest BCUT2D eigenvalue weighted by atomic mass is 10.1. The first-order valence-corrected chi connectivity index (χ1v) is 5.18. The normalized spacial score (nSPS) is 9.94. The molecule has 0 aliphatic heterocycles. The van der Waals surface area contributed by atoms with Gasteiger partial charge in [-0.1, -0.05) is 12.1 Å². The van der Waals surface area contributed by atoms with E-state index in [9.17, 15) is 9.18 Å². The van der Waals surface area contributed by atoms with Gasteiger partial charge in [-0.3, -0.25) is 9.78 Å². The first-order valence-electron chi connectivity index (χ1n) is 5.18. The third kappa shape index (κ3) is 3.38. The summed E-state index contributed by atoms with van der Waals surface area (Å²) in [5.74, 6) is -0.439. The van der Waals surface area contributed by atoms with E-state index in [2.05, 4.69) is 10.3 Å². The van der Waals surface area contributed by atoms with Crippen LogP contribution in [0.5, 0.6) is 0 Å². The molecule has 3 nitrogen and oxygen atoms in total. The molecule has 86 valence electrons. The van der Waals surface area contributed by atoms with Crippen LogP contribution in [0.1, 0.15) is 5.56 Å². The SMILES string of the molecule is O=C(Cc1ccc(F)cc1)Nc1ccncc1. The third-order valence-electron chi connectivity index (χ3n) is 2.24. The summed E-state index contributed by atoms with van der Waals surface area (Å²) in [6.45, 7) is 0. The zero-order chi connectivity index (χ0) is 12.1. The molecule has 2 rings (SSSR count). The summed E-state index contributed by atoms with van der Waals surface area (Å²) in [5.41, 5.74) is 1.48. The number of rotatable bonds is 3. The number of hydrogen-bond acceptors (Lipinski definition) is 2. The van der Waals surface area contributed by atoms with E-state index >= 15 is 0 Å². The van der Waals surface area contributed by atoms with Crippen molar-refractivity contribution < 1.29 is 9.18 Å². The second-order valence-corrected chi connectivity index (χ2v) is 3.59. The van der Waals surface area contributed by atoms with Gasteiger partial charge in [0.1, 0.15) is 5.82 Å². The van der Waals surface area contributed by atoms with Crippen LogP contribution < -0.4 is 5.32 Å². The van der Waals surface area contributed by atoms with Gasteiger partial charge in [-0.25, -0.2) is 4.39 Å². The fourth-order valence-corrected chi connectivity index (χ4v) is 1.43. The van der Waals surface area contributed by atoms with Gasteiger partial charge in [0.2, 0.25) is 5.91 Å². The molecule has 0 aliphatic rings. The summed E-state index contributed by atoms with van der Waals surface area (Å²) < 4.78 is 12.7. The summed E-state index contributed by atoms with van der Waals surface area (Å²) in [6.07, 6.45) is 3.43. The van der Waals surface area contributed by atoms with Crippen molar-refractivity contribution in [3.8, 4) is 0 Å². The first-order chi connectivity index (χ1) is 8.24. The molecule has 1 heterocycles. The van der Waals surface area contributed by atoms with Crippen LogP contribution in [-0.2, 0) is 11.2 Å². The Labute approximate surface area is 98.3 Å². The molecule has 1 N–H and O–H groups in total. The predicted molar refractivity (Wildman–Crippen MR) is 63.0 cm³/mol. The van der Waals surface area contributed by atoms with Gasteiger partial charge >= 0.3 is 0 Å². The maximum absolute atomic E-state index is 12.7. The van der Waals surface area contributed by atoms with Gasteiger partial charge in [0.25, 0.3) is 0 Å². The van der Waals surface area contributed by atoms with Crippen LogP contribution in [0.4, 0.5) is 10.1 Å². The Hall–Kier alpha value is -2.23. The molecule has 0 saturated heterocycles. The minimum absolute atomic E-state index is 0.136. The molecular formula is C13H11FN2O. The Morgan fingerprint density at radius 1 is 1.12 bits per heavy atom. The van der Waals surface area contributed by atoms with Gasteiger partial charge in [0.05, 0.1) is 6.42 Å². The zero-order valence-corrected chi connectivity index (χ0v) is 9.06. The van der Waals surface area contributed by atoms with Gasteiger partial charge < -0.3 is 5.32 Å². The van der Waals surface area contributed by atoms with Crippen molar-refractivity contribution in [2.24, 2.45) is 0 Å². The lowest BCUT2D eigenvalue weighted by Gasteiger charge is -2.04. The Balaban J connectivity index is 1.96. The van der Waals surface area contributed by atoms with Gasteiger partial charge in [-0.05, 0) is 29.8 Å². The summed E-state index contributed by atoms with van der Waals surface area (Å²) in [4.78, 5) is 15.5. The lowest BCUT2D eigenvalue weighted by Crippen LogP contribution is -2.14. The molecule has 0 atom stereocenters. The van der Waals surface area contributed by atoms with Crippen molar-refractivity contribution in [2.75, 3.05) is 5.32 Å². The number of hydrogen-bond donors (Lipinski definition) is 1. The number of carbonyl (C=O) groups excluding carboxylic acids is 1. The van der Waals surface area contributed by atoms with Crippen LogP contribution in [0.2, 0.25) is 0 Å². The fraction of sp³-hybridized carbons (Fsp3) is 0.0769. The lowest BCUT2D eigenvalue weighted by molar-refractivity contribution is -0.115. The molecule has 1 aromatic carbocycles. The van der Waals surface area contributed by atoms with E-state index in [0.717, 1.165) is 5.56 Å². The average Bonchev–Trinajstić information content (AvgIpc) is 2.33. The third-order valence-corrected chi connectivity index (χ3v) is 2.24. The van der Waals surface area contributed by atoms with Crippen LogP contribution in [0.3, 0.4) is 0 Å². The van der Waals surface area contributed by atoms with Gasteiger partial charge in [-0.2, -0.15) is 0 Å². The molecule has 0 unspecified atom stereocenters. The van der Waals surface area contributed by atoms with Crippen molar-refractivity contribution in [3.05, 3.63) is 60.2 Å². The molecule has 17 heavy (non-hydrogen) atoms. The molecule has 0 fully saturated rings. The van der Waals surface area contributed by atoms with E-state index in [1.807, 2.05) is 0 Å². The largest absolute Gasteiger partial charge is 0.326 e. The number of nitrogens with zero attached hydrogens (tertiary/aromatic N) is 1. The van der Waals surface area contributed by atoms with Gasteiger partial charge in [0.15, 0.2) is 0 Å². The second-order valence-electron chi connectivity index (χ2n) is 3.59. The van der Waals surface area contributed by atoms with Crippen molar-refractivity contribution in [3.63, 3.8) is 0 Å². The molecule has 0 bridgehead atoms. The second kappa shape index (κ2) is 5.21. The van der Waals surface area contributed by atoms with Crippen LogP contribution in [0.25, 0.3) is 0 Å². The topological polar surface area (TPSA) is 42.0 Å². The number of nitrogens with one attached hydrogen (secondary N) is 1. The molecule has 0 spiro atoms. The van der Waals surface area contributed by atoms with Crippen molar-refractivity contribution >= 4 is 11.6 Å². The van der Waals surface area contributed by atoms with E-state index in [-0.39, 0.29) is 18.1 Å². The van der Waals surface area contributed by atoms with E-state index < -0.39 is 0 Å². The Morgan fingerprint density at radius 3 is 2.41 bits per heavy atom. The van der Waals surface area contributed by atoms with Crippen LogP contribution in [-0.4, -0.2) is 10.9 Å². The number of carbonyl (C=O) groups is 1. The van der Waals surface area contributed by atoms with Gasteiger partial charge in [-0.15, -0.1) is 0 Å². The predicted octanol–water partition coefficient (Wildman–Crippen LogP) is 2.40. The maximum atomic E-state index is 12.7. The van der Waals surface area contributed by atoms with E-state index in [0.29, 0.717) is 5.69 Å². The summed E-state index contributed by atoms with van der Waals surface area (Å²) in [6, 6.07) is 9.30. The van der Waals surface area contributed by atoms with Crippen molar-refractivity contribution in [1.29, 1.82) is 0 Å². The highest BCUT2D eigenvalue weighted by atomic mass is 19.1. The van der Waals surface area contributed by atoms with E-state index in [4.69, 9.17) is 0 Å². The van der Waals surface area contributed by atoms with Crippen LogP contribution >= 0.6 is 0 Å². The fourth-order valence-electron chi connectivity index (χ4n) is 1.43. The molecule has 1 aromatic heterocycles. The molecule has 0 radical (unpaired) electrons. The number of amides is 1. The van der Waals surface area contributed by atoms with Crippen LogP contribution in [0, 0.1) is 5.82 Å². The van der Waals surface area contributed by atoms with Crippen molar-refractivity contribution in [1.82, 2.24) is 4.98 Å². The van der Waals surface area contributed by atoms with Crippen LogP contribution in [0.15, 0.2) is 48.8 Å². The van der Waals surface area contributed by atoms with E-state index in [1.165, 1.54) is 12.1 Å². The number of halogens is 1. The molecular weight excluding hydrogens is 219 g/mol. The molecule has 1 amide bonds.